The third kappa shape index (κ3) is 5.56. The summed E-state index contributed by atoms with van der Waals surface area (Å²) in [6.45, 7) is 1.82. The van der Waals surface area contributed by atoms with Crippen LogP contribution >= 0.6 is 23.2 Å². The Morgan fingerprint density at radius 1 is 1.10 bits per heavy atom. The van der Waals surface area contributed by atoms with E-state index in [2.05, 4.69) is 0 Å². The van der Waals surface area contributed by atoms with Crippen molar-refractivity contribution in [2.24, 2.45) is 5.92 Å². The first kappa shape index (κ1) is 21.8. The Kier molecular flexibility index (Phi) is 7.28. The molecule has 0 N–H and O–H groups in total. The van der Waals surface area contributed by atoms with E-state index in [1.165, 1.54) is 11.0 Å². The maximum absolute atomic E-state index is 13.8. The van der Waals surface area contributed by atoms with Gasteiger partial charge in [0, 0.05) is 30.6 Å². The number of halogens is 3. The Morgan fingerprint density at radius 2 is 1.79 bits per heavy atom. The van der Waals surface area contributed by atoms with Crippen LogP contribution in [0.25, 0.3) is 0 Å². The van der Waals surface area contributed by atoms with Gasteiger partial charge in [0.05, 0.1) is 16.6 Å². The van der Waals surface area contributed by atoms with Gasteiger partial charge in [0.15, 0.2) is 5.78 Å². The first-order valence-corrected chi connectivity index (χ1v) is 10.3. The van der Waals surface area contributed by atoms with Gasteiger partial charge < -0.3 is 4.90 Å². The van der Waals surface area contributed by atoms with Crippen LogP contribution in [0.1, 0.15) is 28.8 Å². The molecule has 0 bridgehead atoms. The average molecular weight is 437 g/mol. The molecular formula is C22H23Cl2FN2O2. The molecule has 29 heavy (non-hydrogen) atoms. The summed E-state index contributed by atoms with van der Waals surface area (Å²) in [7, 11) is 1.68. The Hall–Kier alpha value is -1.95. The maximum atomic E-state index is 13.8. The molecule has 1 aliphatic heterocycles. The van der Waals surface area contributed by atoms with Crippen molar-refractivity contribution >= 4 is 34.9 Å². The number of hydrogen-bond donors (Lipinski definition) is 0. The first-order valence-electron chi connectivity index (χ1n) is 9.54. The fraction of sp³-hybridized carbons (Fsp3) is 0.364. The number of rotatable bonds is 6. The molecule has 0 saturated carbocycles. The second-order valence-corrected chi connectivity index (χ2v) is 8.20. The Labute approximate surface area is 180 Å². The topological polar surface area (TPSA) is 40.6 Å². The average Bonchev–Trinajstić information content (AvgIpc) is 2.71. The first-order chi connectivity index (χ1) is 13.8. The summed E-state index contributed by atoms with van der Waals surface area (Å²) >= 11 is 11.9. The molecule has 1 aliphatic rings. The monoisotopic (exact) mass is 436 g/mol. The van der Waals surface area contributed by atoms with Crippen molar-refractivity contribution in [3.8, 4) is 0 Å². The lowest BCUT2D eigenvalue weighted by Crippen LogP contribution is -2.43. The third-order valence-corrected chi connectivity index (χ3v) is 6.05. The zero-order chi connectivity index (χ0) is 21.0. The van der Waals surface area contributed by atoms with Gasteiger partial charge in [-0.25, -0.2) is 4.39 Å². The predicted molar refractivity (Wildman–Crippen MR) is 113 cm³/mol. The minimum Gasteiger partial charge on any atom is -0.340 e. The van der Waals surface area contributed by atoms with Crippen LogP contribution in [0.4, 0.5) is 4.39 Å². The molecule has 0 aromatic heterocycles. The van der Waals surface area contributed by atoms with E-state index in [-0.39, 0.29) is 36.5 Å². The van der Waals surface area contributed by atoms with E-state index < -0.39 is 0 Å². The minimum atomic E-state index is -0.311. The molecule has 1 saturated heterocycles. The van der Waals surface area contributed by atoms with E-state index in [9.17, 15) is 14.0 Å². The molecule has 4 nitrogen and oxygen atoms in total. The number of benzene rings is 2. The second kappa shape index (κ2) is 9.70. The molecule has 154 valence electrons. The van der Waals surface area contributed by atoms with Gasteiger partial charge in [-0.2, -0.15) is 0 Å². The Balaban J connectivity index is 1.50. The third-order valence-electron chi connectivity index (χ3n) is 5.31. The Morgan fingerprint density at radius 3 is 2.45 bits per heavy atom. The summed E-state index contributed by atoms with van der Waals surface area (Å²) in [5.41, 5.74) is 1.06. The van der Waals surface area contributed by atoms with Gasteiger partial charge in [0.1, 0.15) is 5.82 Å². The molecule has 1 fully saturated rings. The molecular weight excluding hydrogens is 414 g/mol. The lowest BCUT2D eigenvalue weighted by atomic mass is 9.89. The van der Waals surface area contributed by atoms with Crippen molar-refractivity contribution in [1.82, 2.24) is 9.80 Å². The van der Waals surface area contributed by atoms with E-state index in [0.29, 0.717) is 47.1 Å². The van der Waals surface area contributed by atoms with E-state index in [1.807, 2.05) is 4.90 Å². The summed E-state index contributed by atoms with van der Waals surface area (Å²) in [6.07, 6.45) is 1.37. The van der Waals surface area contributed by atoms with Crippen molar-refractivity contribution in [3.05, 3.63) is 69.5 Å². The molecule has 1 amide bonds. The summed E-state index contributed by atoms with van der Waals surface area (Å²) in [5, 5.41) is 0.800. The van der Waals surface area contributed by atoms with Crippen LogP contribution < -0.4 is 0 Å². The number of carbonyl (C=O) groups is 2. The second-order valence-electron chi connectivity index (χ2n) is 7.38. The van der Waals surface area contributed by atoms with Gasteiger partial charge in [-0.05, 0) is 50.2 Å². The summed E-state index contributed by atoms with van der Waals surface area (Å²) in [4.78, 5) is 28.8. The lowest BCUT2D eigenvalue weighted by molar-refractivity contribution is -0.132. The normalized spacial score (nSPS) is 15.3. The van der Waals surface area contributed by atoms with Crippen molar-refractivity contribution in [2.75, 3.05) is 26.7 Å². The number of ketones is 1. The molecule has 7 heteroatoms. The van der Waals surface area contributed by atoms with Gasteiger partial charge >= 0.3 is 0 Å². The minimum absolute atomic E-state index is 0.0613. The number of carbonyl (C=O) groups excluding carboxylic acids is 2. The molecule has 2 aromatic carbocycles. The molecule has 1 heterocycles. The number of likely N-dealkylation sites (tertiary alicyclic amines) is 1. The molecule has 0 radical (unpaired) electrons. The highest BCUT2D eigenvalue weighted by atomic mass is 35.5. The summed E-state index contributed by atoms with van der Waals surface area (Å²) in [5.74, 6) is -0.405. The highest BCUT2D eigenvalue weighted by Gasteiger charge is 2.27. The van der Waals surface area contributed by atoms with Crippen LogP contribution in [0.5, 0.6) is 0 Å². The van der Waals surface area contributed by atoms with Crippen molar-refractivity contribution in [3.63, 3.8) is 0 Å². The smallest absolute Gasteiger partial charge is 0.236 e. The van der Waals surface area contributed by atoms with Gasteiger partial charge in [0.25, 0.3) is 0 Å². The van der Waals surface area contributed by atoms with Crippen LogP contribution in [-0.4, -0.2) is 48.2 Å². The number of likely N-dealkylation sites (N-methyl/N-ethyl adjacent to an activating group) is 1. The predicted octanol–water partition coefficient (Wildman–Crippen LogP) is 4.69. The van der Waals surface area contributed by atoms with E-state index >= 15 is 0 Å². The van der Waals surface area contributed by atoms with Gasteiger partial charge in [-0.3, -0.25) is 14.5 Å². The van der Waals surface area contributed by atoms with E-state index in [1.54, 1.807) is 43.4 Å². The van der Waals surface area contributed by atoms with Crippen LogP contribution in [0.2, 0.25) is 10.0 Å². The molecule has 0 atom stereocenters. The number of amides is 1. The van der Waals surface area contributed by atoms with Gasteiger partial charge in [-0.15, -0.1) is 0 Å². The fourth-order valence-electron chi connectivity index (χ4n) is 3.52. The van der Waals surface area contributed by atoms with E-state index in [0.717, 1.165) is 0 Å². The molecule has 2 aromatic rings. The number of piperidine rings is 1. The molecule has 0 aliphatic carbocycles. The van der Waals surface area contributed by atoms with Crippen molar-refractivity contribution in [1.29, 1.82) is 0 Å². The zero-order valence-electron chi connectivity index (χ0n) is 16.2. The van der Waals surface area contributed by atoms with Gasteiger partial charge in [0.2, 0.25) is 5.91 Å². The van der Waals surface area contributed by atoms with E-state index in [4.69, 9.17) is 23.2 Å². The van der Waals surface area contributed by atoms with Crippen molar-refractivity contribution < 1.29 is 14.0 Å². The fourth-order valence-corrected chi connectivity index (χ4v) is 3.82. The largest absolute Gasteiger partial charge is 0.340 e. The maximum Gasteiger partial charge on any atom is 0.236 e. The lowest BCUT2D eigenvalue weighted by Gasteiger charge is -2.32. The highest BCUT2D eigenvalue weighted by molar-refractivity contribution is 6.42. The van der Waals surface area contributed by atoms with Crippen LogP contribution in [0.15, 0.2) is 42.5 Å². The van der Waals surface area contributed by atoms with Crippen LogP contribution in [0.3, 0.4) is 0 Å². The highest BCUT2D eigenvalue weighted by Crippen LogP contribution is 2.27. The molecule has 0 unspecified atom stereocenters. The standard InChI is InChI=1S/C22H23Cl2FN2O2/c1-26(13-17-4-2-3-5-20(17)25)21(28)14-27-10-8-15(9-11-27)22(29)16-6-7-18(23)19(24)12-16/h2-7,12,15H,8-11,13-14H2,1H3. The number of Topliss-reactive ketones (excluding diaryl/α,β-unsaturated/α-hetero) is 1. The quantitative estimate of drug-likeness (QED) is 0.616. The van der Waals surface area contributed by atoms with Crippen LogP contribution in [-0.2, 0) is 11.3 Å². The zero-order valence-corrected chi connectivity index (χ0v) is 17.7. The SMILES string of the molecule is CN(Cc1ccccc1F)C(=O)CN1CCC(C(=O)c2ccc(Cl)c(Cl)c2)CC1. The van der Waals surface area contributed by atoms with Gasteiger partial charge in [-0.1, -0.05) is 41.4 Å². The molecule has 0 spiro atoms. The van der Waals surface area contributed by atoms with Crippen LogP contribution in [0, 0.1) is 11.7 Å². The number of hydrogen-bond acceptors (Lipinski definition) is 3. The Bertz CT molecular complexity index is 898. The summed E-state index contributed by atoms with van der Waals surface area (Å²) < 4.78 is 13.8. The molecule has 3 rings (SSSR count). The summed E-state index contributed by atoms with van der Waals surface area (Å²) in [6, 6.07) is 11.4. The number of nitrogens with zero attached hydrogens (tertiary/aromatic N) is 2. The van der Waals surface area contributed by atoms with Crippen molar-refractivity contribution in [2.45, 2.75) is 19.4 Å².